The Bertz CT molecular complexity index is 549. The molecule has 0 saturated carbocycles. The number of amides is 2. The minimum absolute atomic E-state index is 0.0250. The number of carbonyl (C=O) groups excluding carboxylic acids is 2. The fourth-order valence-electron chi connectivity index (χ4n) is 1.70. The maximum atomic E-state index is 11.4. The summed E-state index contributed by atoms with van der Waals surface area (Å²) in [4.78, 5) is 22.5. The zero-order valence-electron chi connectivity index (χ0n) is 10.2. The highest BCUT2D eigenvalue weighted by Gasteiger charge is 2.15. The number of nitrogens with one attached hydrogen (secondary N) is 2. The summed E-state index contributed by atoms with van der Waals surface area (Å²) in [5, 5.41) is 13.8. The van der Waals surface area contributed by atoms with Crippen LogP contribution in [0.25, 0.3) is 0 Å². The predicted molar refractivity (Wildman–Crippen MR) is 67.3 cm³/mol. The molecule has 0 aliphatic carbocycles. The number of ether oxygens (including phenoxy) is 1. The number of nitriles is 1. The first kappa shape index (κ1) is 12.9. The molecule has 1 aliphatic heterocycles. The van der Waals surface area contributed by atoms with E-state index in [1.165, 1.54) is 0 Å². The van der Waals surface area contributed by atoms with Crippen LogP contribution in [0, 0.1) is 11.3 Å². The van der Waals surface area contributed by atoms with Crippen LogP contribution in [0.5, 0.6) is 5.75 Å². The minimum atomic E-state index is -0.192. The van der Waals surface area contributed by atoms with Crippen molar-refractivity contribution in [2.45, 2.75) is 19.4 Å². The lowest BCUT2D eigenvalue weighted by molar-refractivity contribution is -0.121. The topological polar surface area (TPSA) is 91.2 Å². The smallest absolute Gasteiger partial charge is 0.262 e. The molecule has 2 rings (SSSR count). The van der Waals surface area contributed by atoms with E-state index < -0.39 is 0 Å². The molecule has 0 unspecified atom stereocenters. The van der Waals surface area contributed by atoms with Crippen molar-refractivity contribution in [3.8, 4) is 11.8 Å². The Morgan fingerprint density at radius 2 is 2.37 bits per heavy atom. The van der Waals surface area contributed by atoms with Crippen molar-refractivity contribution in [2.75, 3.05) is 11.9 Å². The fourth-order valence-corrected chi connectivity index (χ4v) is 1.70. The van der Waals surface area contributed by atoms with Crippen LogP contribution in [-0.4, -0.2) is 18.4 Å². The van der Waals surface area contributed by atoms with Crippen LogP contribution in [0.2, 0.25) is 0 Å². The van der Waals surface area contributed by atoms with Gasteiger partial charge in [0.05, 0.1) is 11.8 Å². The maximum Gasteiger partial charge on any atom is 0.262 e. The van der Waals surface area contributed by atoms with Crippen LogP contribution in [0.3, 0.4) is 0 Å². The van der Waals surface area contributed by atoms with Crippen LogP contribution in [0.15, 0.2) is 18.2 Å². The van der Waals surface area contributed by atoms with Crippen molar-refractivity contribution < 1.29 is 14.3 Å². The van der Waals surface area contributed by atoms with Crippen molar-refractivity contribution in [1.82, 2.24) is 5.32 Å². The van der Waals surface area contributed by atoms with Gasteiger partial charge in [-0.25, -0.2) is 0 Å². The largest absolute Gasteiger partial charge is 0.482 e. The number of benzene rings is 1. The highest BCUT2D eigenvalue weighted by atomic mass is 16.5. The molecule has 98 valence electrons. The summed E-state index contributed by atoms with van der Waals surface area (Å²) in [6.45, 7) is 0.380. The van der Waals surface area contributed by atoms with E-state index in [9.17, 15) is 9.59 Å². The van der Waals surface area contributed by atoms with Crippen molar-refractivity contribution in [1.29, 1.82) is 5.26 Å². The first-order valence-electron chi connectivity index (χ1n) is 5.88. The molecule has 0 fully saturated rings. The quantitative estimate of drug-likeness (QED) is 0.841. The molecule has 1 aliphatic rings. The summed E-state index contributed by atoms with van der Waals surface area (Å²) >= 11 is 0. The lowest BCUT2D eigenvalue weighted by Crippen LogP contribution is -2.26. The number of hydrogen-bond donors (Lipinski definition) is 2. The number of nitrogens with zero attached hydrogens (tertiary/aromatic N) is 1. The number of hydrogen-bond acceptors (Lipinski definition) is 4. The highest BCUT2D eigenvalue weighted by Crippen LogP contribution is 2.28. The third kappa shape index (κ3) is 3.45. The van der Waals surface area contributed by atoms with Crippen LogP contribution in [-0.2, 0) is 16.1 Å². The first-order chi connectivity index (χ1) is 9.19. The summed E-state index contributed by atoms with van der Waals surface area (Å²) in [5.74, 6) is 0.265. The predicted octanol–water partition coefficient (Wildman–Crippen LogP) is 0.937. The third-order valence-corrected chi connectivity index (χ3v) is 2.63. The molecule has 2 amide bonds. The van der Waals surface area contributed by atoms with Gasteiger partial charge in [0.25, 0.3) is 5.91 Å². The van der Waals surface area contributed by atoms with Gasteiger partial charge in [-0.1, -0.05) is 6.07 Å². The molecule has 6 heteroatoms. The molecule has 1 aromatic carbocycles. The Morgan fingerprint density at radius 1 is 1.53 bits per heavy atom. The van der Waals surface area contributed by atoms with E-state index in [4.69, 9.17) is 10.00 Å². The average molecular weight is 259 g/mol. The Balaban J connectivity index is 1.95. The van der Waals surface area contributed by atoms with E-state index in [-0.39, 0.29) is 31.3 Å². The Morgan fingerprint density at radius 3 is 3.16 bits per heavy atom. The van der Waals surface area contributed by atoms with Gasteiger partial charge in [-0.15, -0.1) is 0 Å². The fraction of sp³-hybridized carbons (Fsp3) is 0.308. The number of rotatable bonds is 4. The van der Waals surface area contributed by atoms with Crippen LogP contribution < -0.4 is 15.4 Å². The average Bonchev–Trinajstić information content (AvgIpc) is 2.42. The van der Waals surface area contributed by atoms with Gasteiger partial charge in [0.15, 0.2) is 6.61 Å². The molecular formula is C13H13N3O3. The number of anilines is 1. The van der Waals surface area contributed by atoms with Gasteiger partial charge in [0.2, 0.25) is 5.91 Å². The molecular weight excluding hydrogens is 246 g/mol. The molecule has 0 aromatic heterocycles. The van der Waals surface area contributed by atoms with Gasteiger partial charge in [0, 0.05) is 19.4 Å². The lowest BCUT2D eigenvalue weighted by atomic mass is 10.1. The molecule has 6 nitrogen and oxygen atoms in total. The normalized spacial score (nSPS) is 12.7. The Labute approximate surface area is 110 Å². The van der Waals surface area contributed by atoms with Gasteiger partial charge in [-0.2, -0.15) is 5.26 Å². The van der Waals surface area contributed by atoms with Crippen molar-refractivity contribution >= 4 is 17.5 Å². The van der Waals surface area contributed by atoms with Crippen LogP contribution >= 0.6 is 0 Å². The molecule has 0 radical (unpaired) electrons. The van der Waals surface area contributed by atoms with E-state index in [2.05, 4.69) is 10.6 Å². The molecule has 0 spiro atoms. The van der Waals surface area contributed by atoms with E-state index in [0.717, 1.165) is 5.56 Å². The zero-order valence-corrected chi connectivity index (χ0v) is 10.2. The van der Waals surface area contributed by atoms with Crippen LogP contribution in [0.1, 0.15) is 18.4 Å². The summed E-state index contributed by atoms with van der Waals surface area (Å²) < 4.78 is 5.23. The molecule has 19 heavy (non-hydrogen) atoms. The van der Waals surface area contributed by atoms with Crippen molar-refractivity contribution in [2.24, 2.45) is 0 Å². The second-order valence-electron chi connectivity index (χ2n) is 4.10. The van der Waals surface area contributed by atoms with Gasteiger partial charge < -0.3 is 15.4 Å². The molecule has 0 atom stereocenters. The third-order valence-electron chi connectivity index (χ3n) is 2.63. The van der Waals surface area contributed by atoms with E-state index >= 15 is 0 Å². The van der Waals surface area contributed by atoms with Crippen LogP contribution in [0.4, 0.5) is 5.69 Å². The monoisotopic (exact) mass is 259 g/mol. The first-order valence-corrected chi connectivity index (χ1v) is 5.88. The summed E-state index contributed by atoms with van der Waals surface area (Å²) in [5.41, 5.74) is 1.47. The second kappa shape index (κ2) is 5.87. The Kier molecular flexibility index (Phi) is 3.98. The zero-order chi connectivity index (χ0) is 13.7. The second-order valence-corrected chi connectivity index (χ2v) is 4.10. The minimum Gasteiger partial charge on any atom is -0.482 e. The Hall–Kier alpha value is -2.55. The van der Waals surface area contributed by atoms with E-state index in [1.807, 2.05) is 12.1 Å². The van der Waals surface area contributed by atoms with Gasteiger partial charge in [-0.3, -0.25) is 9.59 Å². The summed E-state index contributed by atoms with van der Waals surface area (Å²) in [6, 6.07) is 7.25. The van der Waals surface area contributed by atoms with Gasteiger partial charge in [-0.05, 0) is 17.7 Å². The highest BCUT2D eigenvalue weighted by molar-refractivity contribution is 5.95. The summed E-state index contributed by atoms with van der Waals surface area (Å²) in [6.07, 6.45) is 0.404. The SMILES string of the molecule is N#CCCC(=O)NCc1ccc2c(c1)NC(=O)CO2. The molecule has 2 N–H and O–H groups in total. The van der Waals surface area contributed by atoms with E-state index in [0.29, 0.717) is 18.0 Å². The van der Waals surface area contributed by atoms with E-state index in [1.54, 1.807) is 12.1 Å². The van der Waals surface area contributed by atoms with Gasteiger partial charge in [0.1, 0.15) is 5.75 Å². The van der Waals surface area contributed by atoms with Crippen molar-refractivity contribution in [3.05, 3.63) is 23.8 Å². The summed E-state index contributed by atoms with van der Waals surface area (Å²) in [7, 11) is 0. The van der Waals surface area contributed by atoms with Gasteiger partial charge >= 0.3 is 0 Å². The standard InChI is InChI=1S/C13H13N3O3/c14-5-1-2-12(17)15-7-9-3-4-11-10(6-9)16-13(18)8-19-11/h3-4,6H,1-2,7-8H2,(H,15,17)(H,16,18). The molecule has 1 aromatic rings. The maximum absolute atomic E-state index is 11.4. The number of fused-ring (bicyclic) bond motifs is 1. The lowest BCUT2D eigenvalue weighted by Gasteiger charge is -2.18. The van der Waals surface area contributed by atoms with Crippen molar-refractivity contribution in [3.63, 3.8) is 0 Å². The number of carbonyl (C=O) groups is 2. The molecule has 1 heterocycles. The molecule has 0 saturated heterocycles. The molecule has 0 bridgehead atoms.